The zero-order chi connectivity index (χ0) is 17.3. The lowest BCUT2D eigenvalue weighted by atomic mass is 9.98. The Bertz CT molecular complexity index is 843. The van der Waals surface area contributed by atoms with E-state index in [1.807, 2.05) is 18.4 Å². The van der Waals surface area contributed by atoms with Crippen molar-refractivity contribution in [2.24, 2.45) is 0 Å². The van der Waals surface area contributed by atoms with E-state index in [-0.39, 0.29) is 16.8 Å². The summed E-state index contributed by atoms with van der Waals surface area (Å²) in [6.45, 7) is 2.59. The fraction of sp³-hybridized carbons (Fsp3) is 0.353. The molecule has 128 valence electrons. The van der Waals surface area contributed by atoms with Crippen LogP contribution < -0.4 is 0 Å². The number of amides is 1. The topological polar surface area (TPSA) is 54.5 Å². The molecule has 0 saturated carbocycles. The molecule has 1 aliphatic heterocycles. The van der Waals surface area contributed by atoms with Gasteiger partial charge in [0.1, 0.15) is 5.75 Å². The Morgan fingerprint density at radius 1 is 1.29 bits per heavy atom. The van der Waals surface area contributed by atoms with Crippen molar-refractivity contribution in [3.63, 3.8) is 0 Å². The quantitative estimate of drug-likeness (QED) is 0.808. The second-order valence-corrected chi connectivity index (χ2v) is 9.20. The molecule has 1 aromatic heterocycles. The Morgan fingerprint density at radius 3 is 2.67 bits per heavy atom. The number of halogens is 1. The van der Waals surface area contributed by atoms with Gasteiger partial charge in [0.25, 0.3) is 0 Å². The second kappa shape index (κ2) is 6.86. The Balaban J connectivity index is 1.81. The minimum absolute atomic E-state index is 0.0343. The zero-order valence-corrected chi connectivity index (χ0v) is 15.6. The molecule has 0 N–H and O–H groups in total. The summed E-state index contributed by atoms with van der Waals surface area (Å²) in [4.78, 5) is 15.8. The molecule has 0 aliphatic carbocycles. The van der Waals surface area contributed by atoms with Gasteiger partial charge in [0.2, 0.25) is 5.91 Å². The normalized spacial score (nSPS) is 17.6. The number of hydrogen-bond donors (Lipinski definition) is 0. The van der Waals surface area contributed by atoms with Gasteiger partial charge in [-0.3, -0.25) is 4.79 Å². The van der Waals surface area contributed by atoms with Crippen molar-refractivity contribution in [2.75, 3.05) is 12.3 Å². The Kier molecular flexibility index (Phi) is 4.99. The number of thiophene rings is 1. The zero-order valence-electron chi connectivity index (χ0n) is 13.2. The van der Waals surface area contributed by atoms with E-state index in [0.717, 1.165) is 18.4 Å². The molecule has 3 rings (SSSR count). The molecule has 2 heterocycles. The summed E-state index contributed by atoms with van der Waals surface area (Å²) in [7, 11) is -3.67. The van der Waals surface area contributed by atoms with Gasteiger partial charge in [0, 0.05) is 16.4 Å². The van der Waals surface area contributed by atoms with Gasteiger partial charge in [-0.15, -0.1) is 11.3 Å². The minimum Gasteiger partial charge on any atom is -0.334 e. The van der Waals surface area contributed by atoms with E-state index in [2.05, 4.69) is 0 Å². The van der Waals surface area contributed by atoms with E-state index in [4.69, 9.17) is 11.6 Å². The van der Waals surface area contributed by atoms with Crippen molar-refractivity contribution in [1.82, 2.24) is 4.90 Å². The number of hydrogen-bond acceptors (Lipinski definition) is 4. The highest BCUT2D eigenvalue weighted by Crippen LogP contribution is 2.35. The summed E-state index contributed by atoms with van der Waals surface area (Å²) >= 11 is 7.50. The molecule has 1 amide bonds. The second-order valence-electron chi connectivity index (χ2n) is 5.77. The van der Waals surface area contributed by atoms with Crippen LogP contribution in [-0.4, -0.2) is 31.5 Å². The summed E-state index contributed by atoms with van der Waals surface area (Å²) in [5, 5.41) is 2.50. The Hall–Kier alpha value is -1.37. The third kappa shape index (κ3) is 3.36. The van der Waals surface area contributed by atoms with Crippen LogP contribution in [-0.2, 0) is 21.1 Å². The standard InChI is InChI=1S/C17H18ClNO3S2/c1-2-15-14-8-10-23-16(14)7-9-19(15)17(20)11-24(21,22)13-5-3-12(18)4-6-13/h3-6,8,10,15H,2,7,9,11H2,1H3. The van der Waals surface area contributed by atoms with Gasteiger partial charge in [-0.1, -0.05) is 18.5 Å². The average Bonchev–Trinajstić information content (AvgIpc) is 3.02. The van der Waals surface area contributed by atoms with Crippen LogP contribution in [0.5, 0.6) is 0 Å². The average molecular weight is 384 g/mol. The molecule has 0 spiro atoms. The molecule has 0 radical (unpaired) electrons. The van der Waals surface area contributed by atoms with E-state index in [9.17, 15) is 13.2 Å². The van der Waals surface area contributed by atoms with Crippen LogP contribution in [0.15, 0.2) is 40.6 Å². The van der Waals surface area contributed by atoms with Crippen LogP contribution in [0.25, 0.3) is 0 Å². The molecule has 7 heteroatoms. The summed E-state index contributed by atoms with van der Waals surface area (Å²) in [5.41, 5.74) is 1.16. The van der Waals surface area contributed by atoms with E-state index in [1.54, 1.807) is 16.2 Å². The molecule has 2 aromatic rings. The van der Waals surface area contributed by atoms with Gasteiger partial charge in [0.05, 0.1) is 10.9 Å². The summed E-state index contributed by atoms with van der Waals surface area (Å²) in [6, 6.07) is 7.93. The molecule has 1 aliphatic rings. The number of rotatable bonds is 4. The van der Waals surface area contributed by atoms with E-state index in [1.165, 1.54) is 29.1 Å². The summed E-state index contributed by atoms with van der Waals surface area (Å²) < 4.78 is 25.0. The fourth-order valence-corrected chi connectivity index (χ4v) is 5.37. The number of sulfone groups is 1. The maximum Gasteiger partial charge on any atom is 0.238 e. The van der Waals surface area contributed by atoms with Crippen molar-refractivity contribution < 1.29 is 13.2 Å². The van der Waals surface area contributed by atoms with Gasteiger partial charge in [-0.05, 0) is 54.1 Å². The third-order valence-electron chi connectivity index (χ3n) is 4.29. The maximum atomic E-state index is 12.7. The summed E-state index contributed by atoms with van der Waals surface area (Å²) in [5.74, 6) is -0.849. The first-order valence-corrected chi connectivity index (χ1v) is 10.7. The van der Waals surface area contributed by atoms with Gasteiger partial charge in [-0.25, -0.2) is 8.42 Å². The van der Waals surface area contributed by atoms with E-state index >= 15 is 0 Å². The van der Waals surface area contributed by atoms with Gasteiger partial charge in [0.15, 0.2) is 9.84 Å². The lowest BCUT2D eigenvalue weighted by Crippen LogP contribution is -2.42. The third-order valence-corrected chi connectivity index (χ3v) is 7.15. The number of nitrogens with zero attached hydrogens (tertiary/aromatic N) is 1. The van der Waals surface area contributed by atoms with Gasteiger partial charge in [-0.2, -0.15) is 0 Å². The summed E-state index contributed by atoms with van der Waals surface area (Å²) in [6.07, 6.45) is 1.56. The van der Waals surface area contributed by atoms with Gasteiger partial charge < -0.3 is 4.90 Å². The van der Waals surface area contributed by atoms with Crippen molar-refractivity contribution in [3.8, 4) is 0 Å². The van der Waals surface area contributed by atoms with Gasteiger partial charge >= 0.3 is 0 Å². The maximum absolute atomic E-state index is 12.7. The van der Waals surface area contributed by atoms with Crippen LogP contribution in [0.1, 0.15) is 29.8 Å². The van der Waals surface area contributed by atoms with Crippen LogP contribution >= 0.6 is 22.9 Å². The fourth-order valence-electron chi connectivity index (χ4n) is 3.11. The molecular weight excluding hydrogens is 366 g/mol. The molecule has 4 nitrogen and oxygen atoms in total. The molecule has 1 aromatic carbocycles. The van der Waals surface area contributed by atoms with E-state index in [0.29, 0.717) is 11.6 Å². The molecule has 24 heavy (non-hydrogen) atoms. The number of carbonyl (C=O) groups is 1. The molecule has 1 atom stereocenters. The molecule has 0 saturated heterocycles. The Labute approximate surface area is 151 Å². The van der Waals surface area contributed by atoms with E-state index < -0.39 is 15.6 Å². The molecule has 0 bridgehead atoms. The highest BCUT2D eigenvalue weighted by Gasteiger charge is 2.32. The Morgan fingerprint density at radius 2 is 2.00 bits per heavy atom. The highest BCUT2D eigenvalue weighted by molar-refractivity contribution is 7.92. The highest BCUT2D eigenvalue weighted by atomic mass is 35.5. The van der Waals surface area contributed by atoms with Crippen LogP contribution in [0.4, 0.5) is 0 Å². The SMILES string of the molecule is CCC1c2ccsc2CCN1C(=O)CS(=O)(=O)c1ccc(Cl)cc1. The van der Waals surface area contributed by atoms with Crippen molar-refractivity contribution in [1.29, 1.82) is 0 Å². The first kappa shape index (κ1) is 17.5. The van der Waals surface area contributed by atoms with Crippen molar-refractivity contribution in [2.45, 2.75) is 30.7 Å². The number of fused-ring (bicyclic) bond motifs is 1. The van der Waals surface area contributed by atoms with Crippen molar-refractivity contribution >= 4 is 38.7 Å². The smallest absolute Gasteiger partial charge is 0.238 e. The molecular formula is C17H18ClNO3S2. The predicted molar refractivity (Wildman–Crippen MR) is 96.3 cm³/mol. The first-order chi connectivity index (χ1) is 11.4. The van der Waals surface area contributed by atoms with Crippen LogP contribution in [0.3, 0.4) is 0 Å². The molecule has 0 fully saturated rings. The monoisotopic (exact) mass is 383 g/mol. The van der Waals surface area contributed by atoms with Crippen LogP contribution in [0, 0.1) is 0 Å². The lowest BCUT2D eigenvalue weighted by Gasteiger charge is -2.35. The number of carbonyl (C=O) groups excluding carboxylic acids is 1. The largest absolute Gasteiger partial charge is 0.334 e. The first-order valence-electron chi connectivity index (χ1n) is 7.76. The lowest BCUT2D eigenvalue weighted by molar-refractivity contribution is -0.131. The van der Waals surface area contributed by atoms with Crippen molar-refractivity contribution in [3.05, 3.63) is 51.2 Å². The van der Waals surface area contributed by atoms with Crippen LogP contribution in [0.2, 0.25) is 5.02 Å². The number of benzene rings is 1. The molecule has 1 unspecified atom stereocenters. The minimum atomic E-state index is -3.67. The predicted octanol–water partition coefficient (Wildman–Crippen LogP) is 3.71.